The Kier molecular flexibility index (Phi) is 4.51. The molecule has 106 valence electrons. The Hall–Kier alpha value is -0.450. The summed E-state index contributed by atoms with van der Waals surface area (Å²) in [5.74, 6) is 0.795. The number of hydrogen-bond acceptors (Lipinski definition) is 4. The fourth-order valence-corrected chi connectivity index (χ4v) is 4.34. The maximum absolute atomic E-state index is 10.1. The second kappa shape index (κ2) is 6.33. The summed E-state index contributed by atoms with van der Waals surface area (Å²) in [5, 5.41) is 13.5. The number of aliphatic hydroxyl groups is 1. The Morgan fingerprint density at radius 3 is 2.68 bits per heavy atom. The van der Waals surface area contributed by atoms with Crippen LogP contribution in [0.15, 0.2) is 11.6 Å². The normalized spacial score (nSPS) is 30.6. The monoisotopic (exact) mass is 280 g/mol. The van der Waals surface area contributed by atoms with Gasteiger partial charge in [0.1, 0.15) is 0 Å². The molecule has 0 aromatic carbocycles. The van der Waals surface area contributed by atoms with E-state index < -0.39 is 0 Å². The largest absolute Gasteiger partial charge is 0.391 e. The molecule has 1 saturated heterocycles. The van der Waals surface area contributed by atoms with Crippen LogP contribution in [-0.4, -0.2) is 40.2 Å². The highest BCUT2D eigenvalue weighted by molar-refractivity contribution is 7.09. The van der Waals surface area contributed by atoms with Gasteiger partial charge in [-0.05, 0) is 44.7 Å². The first-order valence-electron chi connectivity index (χ1n) is 7.63. The average molecular weight is 280 g/mol. The van der Waals surface area contributed by atoms with E-state index in [9.17, 15) is 5.11 Å². The summed E-state index contributed by atoms with van der Waals surface area (Å²) < 4.78 is 0. The first-order valence-corrected chi connectivity index (χ1v) is 8.51. The zero-order valence-electron chi connectivity index (χ0n) is 11.5. The zero-order valence-corrected chi connectivity index (χ0v) is 12.3. The summed E-state index contributed by atoms with van der Waals surface area (Å²) in [4.78, 5) is 6.94. The van der Waals surface area contributed by atoms with Crippen LogP contribution in [0.1, 0.15) is 43.5 Å². The number of piperidine rings is 1. The minimum Gasteiger partial charge on any atom is -0.391 e. The summed E-state index contributed by atoms with van der Waals surface area (Å²) in [5.41, 5.74) is 0. The van der Waals surface area contributed by atoms with Crippen molar-refractivity contribution >= 4 is 11.3 Å². The van der Waals surface area contributed by atoms with E-state index in [0.29, 0.717) is 6.04 Å². The van der Waals surface area contributed by atoms with Crippen LogP contribution in [0.25, 0.3) is 0 Å². The van der Waals surface area contributed by atoms with Gasteiger partial charge in [0.05, 0.1) is 11.1 Å². The van der Waals surface area contributed by atoms with E-state index in [1.807, 2.05) is 6.20 Å². The standard InChI is InChI=1S/C15H24N2OS/c18-14-4-2-1-3-13(14)17-8-5-12(6-9-17)11-15-16-7-10-19-15/h7,10,12-14,18H,1-6,8-9,11H2/t13-,14-/m0/s1. The van der Waals surface area contributed by atoms with Crippen molar-refractivity contribution in [1.82, 2.24) is 9.88 Å². The molecule has 19 heavy (non-hydrogen) atoms. The third-order valence-corrected chi connectivity index (χ3v) is 5.56. The first kappa shape index (κ1) is 13.5. The third kappa shape index (κ3) is 3.36. The van der Waals surface area contributed by atoms with Gasteiger partial charge < -0.3 is 5.11 Å². The van der Waals surface area contributed by atoms with Crippen LogP contribution in [0.5, 0.6) is 0 Å². The SMILES string of the molecule is O[C@H]1CCCC[C@@H]1N1CCC(Cc2nccs2)CC1. The molecule has 1 N–H and O–H groups in total. The molecule has 0 spiro atoms. The summed E-state index contributed by atoms with van der Waals surface area (Å²) in [6, 6.07) is 0.439. The molecule has 1 aliphatic carbocycles. The molecule has 3 nitrogen and oxygen atoms in total. The van der Waals surface area contributed by atoms with Gasteiger partial charge in [0.25, 0.3) is 0 Å². The van der Waals surface area contributed by atoms with Crippen molar-refractivity contribution in [3.05, 3.63) is 16.6 Å². The van der Waals surface area contributed by atoms with Crippen LogP contribution < -0.4 is 0 Å². The summed E-state index contributed by atoms with van der Waals surface area (Å²) in [6.45, 7) is 2.33. The predicted molar refractivity (Wildman–Crippen MR) is 78.4 cm³/mol. The molecule has 0 bridgehead atoms. The van der Waals surface area contributed by atoms with Gasteiger partial charge in [0, 0.05) is 24.0 Å². The number of nitrogens with zero attached hydrogens (tertiary/aromatic N) is 2. The number of rotatable bonds is 3. The van der Waals surface area contributed by atoms with Crippen LogP contribution >= 0.6 is 11.3 Å². The lowest BCUT2D eigenvalue weighted by molar-refractivity contribution is 0.00406. The summed E-state index contributed by atoms with van der Waals surface area (Å²) in [7, 11) is 0. The van der Waals surface area contributed by atoms with E-state index in [-0.39, 0.29) is 6.10 Å². The van der Waals surface area contributed by atoms with Gasteiger partial charge in [0.2, 0.25) is 0 Å². The van der Waals surface area contributed by atoms with Crippen molar-refractivity contribution < 1.29 is 5.11 Å². The molecule has 0 amide bonds. The maximum atomic E-state index is 10.1. The van der Waals surface area contributed by atoms with Crippen molar-refractivity contribution in [2.75, 3.05) is 13.1 Å². The second-order valence-electron chi connectivity index (χ2n) is 6.03. The van der Waals surface area contributed by atoms with E-state index >= 15 is 0 Å². The molecule has 2 fully saturated rings. The Morgan fingerprint density at radius 2 is 2.00 bits per heavy atom. The van der Waals surface area contributed by atoms with Crippen molar-refractivity contribution in [2.45, 2.75) is 57.1 Å². The van der Waals surface area contributed by atoms with E-state index in [4.69, 9.17) is 0 Å². The van der Waals surface area contributed by atoms with E-state index in [1.54, 1.807) is 11.3 Å². The number of likely N-dealkylation sites (tertiary alicyclic amines) is 1. The smallest absolute Gasteiger partial charge is 0.0927 e. The Labute approximate surface area is 119 Å². The first-order chi connectivity index (χ1) is 9.33. The molecule has 2 aliphatic rings. The lowest BCUT2D eigenvalue weighted by atomic mass is 9.87. The van der Waals surface area contributed by atoms with Gasteiger partial charge in [-0.2, -0.15) is 0 Å². The van der Waals surface area contributed by atoms with Gasteiger partial charge in [0.15, 0.2) is 0 Å². The minimum absolute atomic E-state index is 0.0794. The lowest BCUT2D eigenvalue weighted by Gasteiger charge is -2.41. The van der Waals surface area contributed by atoms with E-state index in [0.717, 1.165) is 31.8 Å². The number of aromatic nitrogens is 1. The highest BCUT2D eigenvalue weighted by atomic mass is 32.1. The molecular weight excluding hydrogens is 256 g/mol. The van der Waals surface area contributed by atoms with Crippen LogP contribution in [-0.2, 0) is 6.42 Å². The highest BCUT2D eigenvalue weighted by Crippen LogP contribution is 2.29. The molecule has 3 rings (SSSR count). The summed E-state index contributed by atoms with van der Waals surface area (Å²) >= 11 is 1.78. The van der Waals surface area contributed by atoms with E-state index in [2.05, 4.69) is 15.3 Å². The van der Waals surface area contributed by atoms with Gasteiger partial charge in [-0.1, -0.05) is 12.8 Å². The van der Waals surface area contributed by atoms with Crippen LogP contribution in [0.2, 0.25) is 0 Å². The zero-order chi connectivity index (χ0) is 13.1. The molecule has 0 unspecified atom stereocenters. The van der Waals surface area contributed by atoms with Crippen LogP contribution in [0, 0.1) is 5.92 Å². The Morgan fingerprint density at radius 1 is 1.21 bits per heavy atom. The molecule has 4 heteroatoms. The average Bonchev–Trinajstić information content (AvgIpc) is 2.93. The van der Waals surface area contributed by atoms with E-state index in [1.165, 1.54) is 37.1 Å². The maximum Gasteiger partial charge on any atom is 0.0927 e. The fraction of sp³-hybridized carbons (Fsp3) is 0.800. The molecular formula is C15H24N2OS. The molecule has 1 aromatic rings. The second-order valence-corrected chi connectivity index (χ2v) is 7.01. The molecule has 0 radical (unpaired) electrons. The lowest BCUT2D eigenvalue weighted by Crippen LogP contribution is -2.48. The van der Waals surface area contributed by atoms with Gasteiger partial charge >= 0.3 is 0 Å². The Balaban J connectivity index is 1.49. The quantitative estimate of drug-likeness (QED) is 0.925. The molecule has 1 aliphatic heterocycles. The van der Waals surface area contributed by atoms with Gasteiger partial charge in [-0.3, -0.25) is 4.90 Å². The van der Waals surface area contributed by atoms with Crippen molar-refractivity contribution in [3.8, 4) is 0 Å². The predicted octanol–water partition coefficient (Wildman–Crippen LogP) is 2.70. The topological polar surface area (TPSA) is 36.4 Å². The van der Waals surface area contributed by atoms with Crippen molar-refractivity contribution in [3.63, 3.8) is 0 Å². The fourth-order valence-electron chi connectivity index (χ4n) is 3.61. The highest BCUT2D eigenvalue weighted by Gasteiger charge is 2.31. The summed E-state index contributed by atoms with van der Waals surface area (Å²) in [6.07, 6.45) is 10.2. The van der Waals surface area contributed by atoms with Crippen LogP contribution in [0.4, 0.5) is 0 Å². The van der Waals surface area contributed by atoms with Gasteiger partial charge in [-0.25, -0.2) is 4.98 Å². The number of aliphatic hydroxyl groups excluding tert-OH is 1. The third-order valence-electron chi connectivity index (χ3n) is 4.76. The van der Waals surface area contributed by atoms with Crippen molar-refractivity contribution in [2.24, 2.45) is 5.92 Å². The number of hydrogen-bond donors (Lipinski definition) is 1. The molecule has 2 atom stereocenters. The number of thiazole rings is 1. The van der Waals surface area contributed by atoms with Crippen LogP contribution in [0.3, 0.4) is 0 Å². The Bertz CT molecular complexity index is 374. The molecule has 2 heterocycles. The molecule has 1 aromatic heterocycles. The minimum atomic E-state index is -0.0794. The molecule has 1 saturated carbocycles. The van der Waals surface area contributed by atoms with Gasteiger partial charge in [-0.15, -0.1) is 11.3 Å². The van der Waals surface area contributed by atoms with Crippen molar-refractivity contribution in [1.29, 1.82) is 0 Å².